The lowest BCUT2D eigenvalue weighted by Crippen LogP contribution is -2.11. The highest BCUT2D eigenvalue weighted by atomic mass is 35.5. The van der Waals surface area contributed by atoms with Crippen LogP contribution in [-0.4, -0.2) is 12.4 Å². The molecule has 0 atom stereocenters. The van der Waals surface area contributed by atoms with Gasteiger partial charge in [-0.2, -0.15) is 0 Å². The summed E-state index contributed by atoms with van der Waals surface area (Å²) in [6, 6.07) is 7.10. The molecule has 0 amide bonds. The molecule has 1 saturated carbocycles. The van der Waals surface area contributed by atoms with E-state index in [1.165, 1.54) is 12.8 Å². The summed E-state index contributed by atoms with van der Waals surface area (Å²) in [5.74, 6) is 1.46. The quantitative estimate of drug-likeness (QED) is 0.768. The number of carbonyl (C=O) groups is 1. The largest absolute Gasteiger partial charge is 0.486 e. The molecule has 0 radical (unpaired) electrons. The van der Waals surface area contributed by atoms with Crippen LogP contribution in [0.15, 0.2) is 24.3 Å². The van der Waals surface area contributed by atoms with Crippen molar-refractivity contribution in [2.45, 2.75) is 19.3 Å². The first-order valence-electron chi connectivity index (χ1n) is 5.14. The molecule has 0 bridgehead atoms. The van der Waals surface area contributed by atoms with Crippen molar-refractivity contribution in [2.75, 3.05) is 6.61 Å². The Hall–Kier alpha value is -1.02. The normalized spacial score (nSPS) is 15.0. The van der Waals surface area contributed by atoms with Crippen LogP contribution in [0.3, 0.4) is 0 Å². The fourth-order valence-electron chi connectivity index (χ4n) is 1.42. The molecule has 15 heavy (non-hydrogen) atoms. The Kier molecular flexibility index (Phi) is 3.27. The number of ether oxygens (including phenoxy) is 1. The monoisotopic (exact) mass is 224 g/mol. The van der Waals surface area contributed by atoms with Gasteiger partial charge in [-0.1, -0.05) is 17.7 Å². The molecule has 0 unspecified atom stereocenters. The van der Waals surface area contributed by atoms with Gasteiger partial charge >= 0.3 is 0 Å². The van der Waals surface area contributed by atoms with Gasteiger partial charge in [0.05, 0.1) is 0 Å². The summed E-state index contributed by atoms with van der Waals surface area (Å²) in [7, 11) is 0. The van der Waals surface area contributed by atoms with Crippen molar-refractivity contribution in [1.82, 2.24) is 0 Å². The molecule has 2 nitrogen and oxygen atoms in total. The minimum Gasteiger partial charge on any atom is -0.486 e. The van der Waals surface area contributed by atoms with Crippen LogP contribution in [0.2, 0.25) is 5.02 Å². The van der Waals surface area contributed by atoms with E-state index in [4.69, 9.17) is 16.3 Å². The maximum absolute atomic E-state index is 11.4. The molecule has 1 aliphatic carbocycles. The molecular formula is C12H13ClO2. The van der Waals surface area contributed by atoms with Gasteiger partial charge in [0, 0.05) is 11.4 Å². The van der Waals surface area contributed by atoms with Gasteiger partial charge in [0.2, 0.25) is 0 Å². The fourth-order valence-corrected chi connectivity index (χ4v) is 1.60. The minimum absolute atomic E-state index is 0.164. The number of benzene rings is 1. The number of hydrogen-bond donors (Lipinski definition) is 0. The zero-order valence-electron chi connectivity index (χ0n) is 8.41. The van der Waals surface area contributed by atoms with Crippen LogP contribution in [0.1, 0.15) is 19.3 Å². The lowest BCUT2D eigenvalue weighted by Gasteiger charge is -2.04. The van der Waals surface area contributed by atoms with E-state index in [-0.39, 0.29) is 12.4 Å². The third-order valence-electron chi connectivity index (χ3n) is 2.41. The lowest BCUT2D eigenvalue weighted by atomic mass is 10.2. The summed E-state index contributed by atoms with van der Waals surface area (Å²) in [6.07, 6.45) is 3.06. The van der Waals surface area contributed by atoms with Gasteiger partial charge < -0.3 is 4.74 Å². The third kappa shape index (κ3) is 3.56. The number of ketones is 1. The number of halogens is 1. The van der Waals surface area contributed by atoms with Crippen LogP contribution in [-0.2, 0) is 4.79 Å². The standard InChI is InChI=1S/C12H13ClO2/c13-10-2-1-3-12(7-10)15-8-11(14)6-9-4-5-9/h1-3,7,9H,4-6,8H2. The summed E-state index contributed by atoms with van der Waals surface area (Å²) in [4.78, 5) is 11.4. The molecule has 1 aromatic carbocycles. The summed E-state index contributed by atoms with van der Waals surface area (Å²) in [5, 5.41) is 0.627. The van der Waals surface area contributed by atoms with Crippen molar-refractivity contribution in [3.8, 4) is 5.75 Å². The van der Waals surface area contributed by atoms with E-state index >= 15 is 0 Å². The molecular weight excluding hydrogens is 212 g/mol. The number of rotatable bonds is 5. The summed E-state index contributed by atoms with van der Waals surface area (Å²) in [6.45, 7) is 0.164. The van der Waals surface area contributed by atoms with E-state index in [9.17, 15) is 4.79 Å². The summed E-state index contributed by atoms with van der Waals surface area (Å²) >= 11 is 5.79. The van der Waals surface area contributed by atoms with Crippen LogP contribution >= 0.6 is 11.6 Å². The molecule has 2 rings (SSSR count). The van der Waals surface area contributed by atoms with Crippen molar-refractivity contribution >= 4 is 17.4 Å². The fraction of sp³-hybridized carbons (Fsp3) is 0.417. The predicted molar refractivity (Wildman–Crippen MR) is 59.3 cm³/mol. The molecule has 3 heteroatoms. The second-order valence-electron chi connectivity index (χ2n) is 3.93. The Morgan fingerprint density at radius 2 is 2.27 bits per heavy atom. The van der Waals surface area contributed by atoms with E-state index in [0.29, 0.717) is 23.1 Å². The molecule has 0 aliphatic heterocycles. The Balaban J connectivity index is 1.78. The van der Waals surface area contributed by atoms with Gasteiger partial charge in [-0.15, -0.1) is 0 Å². The molecule has 80 valence electrons. The van der Waals surface area contributed by atoms with Crippen molar-refractivity contribution < 1.29 is 9.53 Å². The first-order valence-corrected chi connectivity index (χ1v) is 5.52. The van der Waals surface area contributed by atoms with Crippen LogP contribution in [0.25, 0.3) is 0 Å². The molecule has 0 aromatic heterocycles. The molecule has 0 spiro atoms. The van der Waals surface area contributed by atoms with Gasteiger partial charge in [-0.05, 0) is 37.0 Å². The van der Waals surface area contributed by atoms with Gasteiger partial charge in [-0.3, -0.25) is 4.79 Å². The molecule has 0 saturated heterocycles. The van der Waals surface area contributed by atoms with Gasteiger partial charge in [-0.25, -0.2) is 0 Å². The molecule has 0 heterocycles. The molecule has 1 aliphatic rings. The second-order valence-corrected chi connectivity index (χ2v) is 4.37. The number of hydrogen-bond acceptors (Lipinski definition) is 2. The van der Waals surface area contributed by atoms with Crippen LogP contribution < -0.4 is 4.74 Å². The smallest absolute Gasteiger partial charge is 0.170 e. The maximum Gasteiger partial charge on any atom is 0.170 e. The van der Waals surface area contributed by atoms with E-state index < -0.39 is 0 Å². The predicted octanol–water partition coefficient (Wildman–Crippen LogP) is 3.09. The third-order valence-corrected chi connectivity index (χ3v) is 2.64. The van der Waals surface area contributed by atoms with Crippen LogP contribution in [0, 0.1) is 5.92 Å². The minimum atomic E-state index is 0.164. The zero-order chi connectivity index (χ0) is 10.7. The van der Waals surface area contributed by atoms with Gasteiger partial charge in [0.25, 0.3) is 0 Å². The van der Waals surface area contributed by atoms with E-state index in [2.05, 4.69) is 0 Å². The zero-order valence-corrected chi connectivity index (χ0v) is 9.17. The second kappa shape index (κ2) is 4.67. The van der Waals surface area contributed by atoms with Gasteiger partial charge in [0.15, 0.2) is 5.78 Å². The van der Waals surface area contributed by atoms with Gasteiger partial charge in [0.1, 0.15) is 12.4 Å². The Morgan fingerprint density at radius 3 is 2.93 bits per heavy atom. The average Bonchev–Trinajstić information content (AvgIpc) is 2.99. The summed E-state index contributed by atoms with van der Waals surface area (Å²) < 4.78 is 5.34. The number of Topliss-reactive ketones (excluding diaryl/α,β-unsaturated/α-hetero) is 1. The topological polar surface area (TPSA) is 26.3 Å². The van der Waals surface area contributed by atoms with Crippen LogP contribution in [0.5, 0.6) is 5.75 Å². The highest BCUT2D eigenvalue weighted by Gasteiger charge is 2.24. The van der Waals surface area contributed by atoms with Crippen molar-refractivity contribution in [3.05, 3.63) is 29.3 Å². The molecule has 1 aromatic rings. The number of carbonyl (C=O) groups excluding carboxylic acids is 1. The molecule has 0 N–H and O–H groups in total. The van der Waals surface area contributed by atoms with Crippen molar-refractivity contribution in [2.24, 2.45) is 5.92 Å². The highest BCUT2D eigenvalue weighted by Crippen LogP contribution is 2.32. The lowest BCUT2D eigenvalue weighted by molar-refractivity contribution is -0.121. The SMILES string of the molecule is O=C(COc1cccc(Cl)c1)CC1CC1. The first kappa shape index (κ1) is 10.5. The Bertz CT molecular complexity index is 358. The Labute approximate surface area is 94.2 Å². The highest BCUT2D eigenvalue weighted by molar-refractivity contribution is 6.30. The van der Waals surface area contributed by atoms with E-state index in [0.717, 1.165) is 0 Å². The first-order chi connectivity index (χ1) is 7.24. The summed E-state index contributed by atoms with van der Waals surface area (Å²) in [5.41, 5.74) is 0. The van der Waals surface area contributed by atoms with Crippen molar-refractivity contribution in [3.63, 3.8) is 0 Å². The Morgan fingerprint density at radius 1 is 1.47 bits per heavy atom. The average molecular weight is 225 g/mol. The maximum atomic E-state index is 11.4. The van der Waals surface area contributed by atoms with Crippen LogP contribution in [0.4, 0.5) is 0 Å². The molecule has 1 fully saturated rings. The van der Waals surface area contributed by atoms with Crippen molar-refractivity contribution in [1.29, 1.82) is 0 Å². The van der Waals surface area contributed by atoms with E-state index in [1.54, 1.807) is 18.2 Å². The van der Waals surface area contributed by atoms with E-state index in [1.807, 2.05) is 6.07 Å².